The summed E-state index contributed by atoms with van der Waals surface area (Å²) >= 11 is 0. The highest BCUT2D eigenvalue weighted by molar-refractivity contribution is 7.89. The van der Waals surface area contributed by atoms with E-state index >= 15 is 0 Å². The molecule has 156 valence electrons. The van der Waals surface area contributed by atoms with Crippen LogP contribution in [0.5, 0.6) is 5.75 Å². The van der Waals surface area contributed by atoms with E-state index in [1.807, 2.05) is 6.07 Å². The molecule has 0 aliphatic carbocycles. The highest BCUT2D eigenvalue weighted by atomic mass is 32.2. The van der Waals surface area contributed by atoms with Crippen LogP contribution < -0.4 is 15.2 Å². The molecule has 0 atom stereocenters. The molecular weight excluding hydrogens is 411 g/mol. The van der Waals surface area contributed by atoms with Crippen molar-refractivity contribution < 1.29 is 22.3 Å². The van der Waals surface area contributed by atoms with Crippen molar-refractivity contribution in [2.45, 2.75) is 13.5 Å². The Morgan fingerprint density at radius 3 is 2.60 bits per heavy atom. The van der Waals surface area contributed by atoms with Gasteiger partial charge in [0.2, 0.25) is 10.0 Å². The maximum atomic E-state index is 13.5. The molecule has 1 aliphatic rings. The molecule has 8 nitrogen and oxygen atoms in total. The number of aromatic nitrogens is 2. The summed E-state index contributed by atoms with van der Waals surface area (Å²) in [7, 11) is -3.70. The fraction of sp³-hybridized carbons (Fsp3) is 0.200. The average molecular weight is 430 g/mol. The second-order valence-corrected chi connectivity index (χ2v) is 8.69. The van der Waals surface area contributed by atoms with Crippen molar-refractivity contribution in [2.75, 3.05) is 17.7 Å². The first-order valence-electron chi connectivity index (χ1n) is 9.12. The summed E-state index contributed by atoms with van der Waals surface area (Å²) in [6.45, 7) is 1.79. The van der Waals surface area contributed by atoms with Crippen LogP contribution >= 0.6 is 0 Å². The van der Waals surface area contributed by atoms with E-state index in [0.717, 1.165) is 11.1 Å². The number of benzene rings is 2. The monoisotopic (exact) mass is 430 g/mol. The minimum absolute atomic E-state index is 0.0389. The van der Waals surface area contributed by atoms with Gasteiger partial charge in [-0.15, -0.1) is 0 Å². The Bertz CT molecular complexity index is 1240. The van der Waals surface area contributed by atoms with Gasteiger partial charge in [-0.25, -0.2) is 17.9 Å². The molecule has 10 heteroatoms. The summed E-state index contributed by atoms with van der Waals surface area (Å²) in [6.07, 6.45) is 0. The van der Waals surface area contributed by atoms with E-state index in [0.29, 0.717) is 28.4 Å². The Kier molecular flexibility index (Phi) is 5.04. The number of aryl methyl sites for hydroxylation is 2. The molecule has 0 radical (unpaired) electrons. The van der Waals surface area contributed by atoms with Gasteiger partial charge in [0.25, 0.3) is 5.91 Å². The van der Waals surface area contributed by atoms with Crippen LogP contribution in [0.3, 0.4) is 0 Å². The first kappa shape index (κ1) is 20.0. The van der Waals surface area contributed by atoms with E-state index in [9.17, 15) is 17.6 Å². The number of primary sulfonamides is 1. The zero-order valence-electron chi connectivity index (χ0n) is 16.1. The number of rotatable bonds is 5. The van der Waals surface area contributed by atoms with Gasteiger partial charge in [0.05, 0.1) is 29.4 Å². The van der Waals surface area contributed by atoms with Crippen LogP contribution in [0.1, 0.15) is 5.69 Å². The normalized spacial score (nSPS) is 13.5. The van der Waals surface area contributed by atoms with Crippen LogP contribution in [0.15, 0.2) is 42.5 Å². The zero-order valence-corrected chi connectivity index (χ0v) is 16.9. The molecule has 1 aromatic heterocycles. The van der Waals surface area contributed by atoms with Gasteiger partial charge in [0.15, 0.2) is 6.61 Å². The molecule has 1 amide bonds. The summed E-state index contributed by atoms with van der Waals surface area (Å²) in [5.41, 5.74) is 3.95. The number of amides is 1. The lowest BCUT2D eigenvalue weighted by atomic mass is 9.98. The number of carbonyl (C=O) groups excluding carboxylic acids is 1. The van der Waals surface area contributed by atoms with E-state index in [1.54, 1.807) is 35.9 Å². The first-order chi connectivity index (χ1) is 14.2. The van der Waals surface area contributed by atoms with E-state index in [-0.39, 0.29) is 30.6 Å². The average Bonchev–Trinajstić information content (AvgIpc) is 3.02. The van der Waals surface area contributed by atoms with Crippen molar-refractivity contribution in [1.29, 1.82) is 0 Å². The number of halogens is 1. The predicted molar refractivity (Wildman–Crippen MR) is 110 cm³/mol. The van der Waals surface area contributed by atoms with Gasteiger partial charge in [-0.1, -0.05) is 6.07 Å². The van der Waals surface area contributed by atoms with Crippen molar-refractivity contribution in [2.24, 2.45) is 5.14 Å². The van der Waals surface area contributed by atoms with Crippen molar-refractivity contribution in [1.82, 2.24) is 9.78 Å². The number of nitrogens with zero attached hydrogens (tertiary/aromatic N) is 2. The fourth-order valence-corrected chi connectivity index (χ4v) is 3.87. The molecule has 0 spiro atoms. The molecular formula is C20H19FN4O4S. The number of hydrogen-bond donors (Lipinski definition) is 2. The molecule has 2 aromatic carbocycles. The topological polar surface area (TPSA) is 116 Å². The smallest absolute Gasteiger partial charge is 0.262 e. The van der Waals surface area contributed by atoms with Gasteiger partial charge >= 0.3 is 0 Å². The molecule has 1 aliphatic heterocycles. The standard InChI is InChI=1S/C20H19FN4O4S/c1-12-19(14-4-7-17-16(10-14)23-18(26)11-29-17)20(13-2-5-15(21)6-3-13)25(24-12)8-9-30(22,27)28/h2-7,10H,8-9,11H2,1H3,(H,23,26)(H2,22,27,28). The van der Waals surface area contributed by atoms with Crippen LogP contribution in [-0.4, -0.2) is 36.5 Å². The molecule has 4 rings (SSSR count). The molecule has 0 bridgehead atoms. The van der Waals surface area contributed by atoms with Gasteiger partial charge < -0.3 is 10.1 Å². The SMILES string of the molecule is Cc1nn(CCS(N)(=O)=O)c(-c2ccc(F)cc2)c1-c1ccc2c(c1)NC(=O)CO2. The fourth-order valence-electron chi connectivity index (χ4n) is 3.44. The number of ether oxygens (including phenoxy) is 1. The van der Waals surface area contributed by atoms with Gasteiger partial charge in [-0.2, -0.15) is 5.10 Å². The van der Waals surface area contributed by atoms with Crippen molar-refractivity contribution >= 4 is 21.6 Å². The Labute approximate surface area is 172 Å². The number of carbonyl (C=O) groups is 1. The number of hydrogen-bond acceptors (Lipinski definition) is 5. The Balaban J connectivity index is 1.87. The third-order valence-corrected chi connectivity index (χ3v) is 5.49. The Hall–Kier alpha value is -3.24. The number of fused-ring (bicyclic) bond motifs is 1. The highest BCUT2D eigenvalue weighted by Gasteiger charge is 2.22. The molecule has 0 saturated carbocycles. The van der Waals surface area contributed by atoms with Crippen molar-refractivity contribution in [3.05, 3.63) is 54.0 Å². The molecule has 3 N–H and O–H groups in total. The molecule has 30 heavy (non-hydrogen) atoms. The Morgan fingerprint density at radius 1 is 1.20 bits per heavy atom. The third kappa shape index (κ3) is 4.05. The second-order valence-electron chi connectivity index (χ2n) is 6.95. The van der Waals surface area contributed by atoms with Crippen LogP contribution in [0.4, 0.5) is 10.1 Å². The largest absolute Gasteiger partial charge is 0.482 e. The molecule has 0 unspecified atom stereocenters. The number of sulfonamides is 1. The van der Waals surface area contributed by atoms with Gasteiger partial charge in [-0.3, -0.25) is 9.48 Å². The third-order valence-electron chi connectivity index (χ3n) is 4.73. The molecule has 0 saturated heterocycles. The second kappa shape index (κ2) is 7.54. The summed E-state index contributed by atoms with van der Waals surface area (Å²) in [5, 5.41) is 12.4. The van der Waals surface area contributed by atoms with Gasteiger partial charge in [0, 0.05) is 11.1 Å². The minimum Gasteiger partial charge on any atom is -0.482 e. The first-order valence-corrected chi connectivity index (χ1v) is 10.8. The summed E-state index contributed by atoms with van der Waals surface area (Å²) < 4.78 is 43.4. The van der Waals surface area contributed by atoms with Gasteiger partial charge in [-0.05, 0) is 48.9 Å². The quantitative estimate of drug-likeness (QED) is 0.644. The van der Waals surface area contributed by atoms with Crippen LogP contribution in [0.25, 0.3) is 22.4 Å². The lowest BCUT2D eigenvalue weighted by Crippen LogP contribution is -2.25. The van der Waals surface area contributed by atoms with Crippen LogP contribution in [0.2, 0.25) is 0 Å². The molecule has 0 fully saturated rings. The van der Waals surface area contributed by atoms with Crippen LogP contribution in [-0.2, 0) is 21.4 Å². The van der Waals surface area contributed by atoms with E-state index in [4.69, 9.17) is 9.88 Å². The lowest BCUT2D eigenvalue weighted by molar-refractivity contribution is -0.118. The van der Waals surface area contributed by atoms with Crippen LogP contribution in [0, 0.1) is 12.7 Å². The summed E-state index contributed by atoms with van der Waals surface area (Å²) in [4.78, 5) is 11.7. The van der Waals surface area contributed by atoms with E-state index in [2.05, 4.69) is 10.4 Å². The van der Waals surface area contributed by atoms with E-state index < -0.39 is 10.0 Å². The summed E-state index contributed by atoms with van der Waals surface area (Å²) in [5.74, 6) is -0.378. The minimum atomic E-state index is -3.70. The molecule has 2 heterocycles. The predicted octanol–water partition coefficient (Wildman–Crippen LogP) is 2.28. The number of nitrogens with two attached hydrogens (primary N) is 1. The van der Waals surface area contributed by atoms with E-state index in [1.165, 1.54) is 12.1 Å². The molecule has 3 aromatic rings. The number of anilines is 1. The van der Waals surface area contributed by atoms with Crippen molar-refractivity contribution in [3.8, 4) is 28.1 Å². The maximum absolute atomic E-state index is 13.5. The summed E-state index contributed by atoms with van der Waals surface area (Å²) in [6, 6.07) is 11.2. The van der Waals surface area contributed by atoms with Crippen molar-refractivity contribution in [3.63, 3.8) is 0 Å². The number of nitrogens with one attached hydrogen (secondary N) is 1. The Morgan fingerprint density at radius 2 is 1.90 bits per heavy atom. The van der Waals surface area contributed by atoms with Gasteiger partial charge in [0.1, 0.15) is 11.6 Å². The maximum Gasteiger partial charge on any atom is 0.262 e. The lowest BCUT2D eigenvalue weighted by Gasteiger charge is -2.19. The zero-order chi connectivity index (χ0) is 21.5. The highest BCUT2D eigenvalue weighted by Crippen LogP contribution is 2.39.